The first kappa shape index (κ1) is 25.6. The van der Waals surface area contributed by atoms with Gasteiger partial charge in [-0.1, -0.05) is 65.8 Å². The lowest BCUT2D eigenvalue weighted by atomic mass is 9.83. The van der Waals surface area contributed by atoms with Crippen molar-refractivity contribution in [3.05, 3.63) is 125 Å². The molecule has 1 aromatic heterocycles. The summed E-state index contributed by atoms with van der Waals surface area (Å²) in [7, 11) is 0. The van der Waals surface area contributed by atoms with Crippen LogP contribution < -0.4 is 0 Å². The standard InChI is InChI=1S/C29H23F3N2O3/c1-18-4-2-3-5-24(18)25(17-26(34-37)23-14-15-33-27(16-23)29(30,31)32)21-10-6-19(7-11-21)20-8-12-22(13-9-20)28(35)36/h2-16,25,37H,17H2,1H3,(H,35,36)/t25-/m1/s1. The summed E-state index contributed by atoms with van der Waals surface area (Å²) >= 11 is 0. The molecule has 2 N–H and O–H groups in total. The Morgan fingerprint density at radius 1 is 0.919 bits per heavy atom. The summed E-state index contributed by atoms with van der Waals surface area (Å²) < 4.78 is 39.7. The van der Waals surface area contributed by atoms with E-state index in [4.69, 9.17) is 5.11 Å². The zero-order valence-corrected chi connectivity index (χ0v) is 19.8. The Morgan fingerprint density at radius 2 is 1.54 bits per heavy atom. The highest BCUT2D eigenvalue weighted by Crippen LogP contribution is 2.34. The summed E-state index contributed by atoms with van der Waals surface area (Å²) in [4.78, 5) is 14.5. The summed E-state index contributed by atoms with van der Waals surface area (Å²) in [5.41, 5.74) is 3.93. The number of rotatable bonds is 7. The second kappa shape index (κ2) is 10.7. The highest BCUT2D eigenvalue weighted by molar-refractivity contribution is 6.01. The number of benzene rings is 3. The Hall–Kier alpha value is -4.46. The van der Waals surface area contributed by atoms with E-state index in [2.05, 4.69) is 10.1 Å². The van der Waals surface area contributed by atoms with Gasteiger partial charge < -0.3 is 10.3 Å². The molecule has 0 radical (unpaired) electrons. The summed E-state index contributed by atoms with van der Waals surface area (Å²) in [6, 6.07) is 24.1. The van der Waals surface area contributed by atoms with E-state index in [0.717, 1.165) is 40.1 Å². The minimum Gasteiger partial charge on any atom is -0.478 e. The number of halogens is 3. The number of nitrogens with zero attached hydrogens (tertiary/aromatic N) is 2. The van der Waals surface area contributed by atoms with Gasteiger partial charge in [-0.25, -0.2) is 4.79 Å². The van der Waals surface area contributed by atoms with Crippen molar-refractivity contribution in [2.75, 3.05) is 0 Å². The number of hydrogen-bond acceptors (Lipinski definition) is 4. The first-order valence-corrected chi connectivity index (χ1v) is 11.4. The van der Waals surface area contributed by atoms with E-state index in [-0.39, 0.29) is 29.2 Å². The molecule has 37 heavy (non-hydrogen) atoms. The molecule has 0 aliphatic rings. The van der Waals surface area contributed by atoms with Crippen LogP contribution in [-0.2, 0) is 6.18 Å². The number of carbonyl (C=O) groups is 1. The first-order chi connectivity index (χ1) is 17.7. The van der Waals surface area contributed by atoms with Gasteiger partial charge in [-0.2, -0.15) is 13.2 Å². The lowest BCUT2D eigenvalue weighted by Crippen LogP contribution is -2.14. The van der Waals surface area contributed by atoms with E-state index in [1.54, 1.807) is 12.1 Å². The molecular formula is C29H23F3N2O3. The SMILES string of the molecule is Cc1ccccc1[C@H](CC(=NO)c1ccnc(C(F)(F)F)c1)c1ccc(-c2ccc(C(=O)O)cc2)cc1. The Bertz CT molecular complexity index is 1430. The fourth-order valence-electron chi connectivity index (χ4n) is 4.27. The number of oxime groups is 1. The molecule has 0 aliphatic heterocycles. The van der Waals surface area contributed by atoms with Crippen LogP contribution in [0.3, 0.4) is 0 Å². The Kier molecular flexibility index (Phi) is 7.38. The Balaban J connectivity index is 1.70. The Labute approximate surface area is 211 Å². The van der Waals surface area contributed by atoms with Crippen molar-refractivity contribution in [3.63, 3.8) is 0 Å². The average molecular weight is 505 g/mol. The zero-order chi connectivity index (χ0) is 26.6. The topological polar surface area (TPSA) is 82.8 Å². The molecule has 0 aliphatic carbocycles. The van der Waals surface area contributed by atoms with Crippen molar-refractivity contribution < 1.29 is 28.3 Å². The molecule has 188 valence electrons. The van der Waals surface area contributed by atoms with Crippen molar-refractivity contribution in [3.8, 4) is 11.1 Å². The summed E-state index contributed by atoms with van der Waals surface area (Å²) in [5, 5.41) is 22.3. The molecule has 3 aromatic carbocycles. The van der Waals surface area contributed by atoms with Gasteiger partial charge in [-0.05, 0) is 59.0 Å². The van der Waals surface area contributed by atoms with Gasteiger partial charge in [0.2, 0.25) is 0 Å². The van der Waals surface area contributed by atoms with Gasteiger partial charge in [-0.15, -0.1) is 0 Å². The third-order valence-electron chi connectivity index (χ3n) is 6.24. The third kappa shape index (κ3) is 5.86. The molecule has 5 nitrogen and oxygen atoms in total. The quantitative estimate of drug-likeness (QED) is 0.159. The van der Waals surface area contributed by atoms with E-state index in [1.807, 2.05) is 55.5 Å². The molecule has 4 aromatic rings. The molecule has 8 heteroatoms. The van der Waals surface area contributed by atoms with Crippen LogP contribution in [0.25, 0.3) is 11.1 Å². The monoisotopic (exact) mass is 504 g/mol. The predicted octanol–water partition coefficient (Wildman–Crippen LogP) is 7.17. The highest BCUT2D eigenvalue weighted by atomic mass is 19.4. The molecule has 0 amide bonds. The lowest BCUT2D eigenvalue weighted by Gasteiger charge is -2.21. The van der Waals surface area contributed by atoms with E-state index in [0.29, 0.717) is 0 Å². The molecule has 0 saturated heterocycles. The smallest absolute Gasteiger partial charge is 0.433 e. The van der Waals surface area contributed by atoms with Gasteiger partial charge in [0, 0.05) is 24.1 Å². The van der Waals surface area contributed by atoms with Crippen molar-refractivity contribution in [2.24, 2.45) is 5.16 Å². The summed E-state index contributed by atoms with van der Waals surface area (Å²) in [5.74, 6) is -1.31. The number of hydrogen-bond donors (Lipinski definition) is 2. The second-order valence-electron chi connectivity index (χ2n) is 8.59. The molecule has 0 spiro atoms. The van der Waals surface area contributed by atoms with E-state index in [1.165, 1.54) is 18.2 Å². The highest BCUT2D eigenvalue weighted by Gasteiger charge is 2.33. The normalized spacial score (nSPS) is 12.8. The van der Waals surface area contributed by atoms with Gasteiger partial charge >= 0.3 is 12.1 Å². The van der Waals surface area contributed by atoms with Crippen LogP contribution in [-0.4, -0.2) is 27.0 Å². The molecule has 0 unspecified atom stereocenters. The van der Waals surface area contributed by atoms with E-state index in [9.17, 15) is 23.2 Å². The molecule has 0 fully saturated rings. The van der Waals surface area contributed by atoms with Crippen LogP contribution in [0.5, 0.6) is 0 Å². The number of alkyl halides is 3. The fraction of sp³-hybridized carbons (Fsp3) is 0.138. The van der Waals surface area contributed by atoms with Crippen LogP contribution in [0.4, 0.5) is 13.2 Å². The minimum absolute atomic E-state index is 0.106. The van der Waals surface area contributed by atoms with Crippen LogP contribution >= 0.6 is 0 Å². The third-order valence-corrected chi connectivity index (χ3v) is 6.24. The molecule has 4 rings (SSSR count). The number of aromatic carboxylic acids is 1. The first-order valence-electron chi connectivity index (χ1n) is 11.4. The van der Waals surface area contributed by atoms with E-state index < -0.39 is 17.8 Å². The van der Waals surface area contributed by atoms with Crippen molar-refractivity contribution in [1.82, 2.24) is 4.98 Å². The second-order valence-corrected chi connectivity index (χ2v) is 8.59. The van der Waals surface area contributed by atoms with Crippen molar-refractivity contribution >= 4 is 11.7 Å². The van der Waals surface area contributed by atoms with Crippen molar-refractivity contribution in [1.29, 1.82) is 0 Å². The largest absolute Gasteiger partial charge is 0.478 e. The van der Waals surface area contributed by atoms with Crippen molar-refractivity contribution in [2.45, 2.75) is 25.4 Å². The van der Waals surface area contributed by atoms with Crippen LogP contribution in [0.15, 0.2) is 96.3 Å². The summed E-state index contributed by atoms with van der Waals surface area (Å²) in [6.45, 7) is 1.95. The number of aromatic nitrogens is 1. The maximum Gasteiger partial charge on any atom is 0.433 e. The number of carboxylic acids is 1. The molecule has 1 atom stereocenters. The predicted molar refractivity (Wildman–Crippen MR) is 134 cm³/mol. The maximum atomic E-state index is 13.2. The van der Waals surface area contributed by atoms with Crippen LogP contribution in [0, 0.1) is 6.92 Å². The van der Waals surface area contributed by atoms with Gasteiger partial charge in [0.15, 0.2) is 0 Å². The lowest BCUT2D eigenvalue weighted by molar-refractivity contribution is -0.141. The number of aryl methyl sites for hydroxylation is 1. The maximum absolute atomic E-state index is 13.2. The molecule has 0 bridgehead atoms. The van der Waals surface area contributed by atoms with Crippen LogP contribution in [0.1, 0.15) is 50.6 Å². The van der Waals surface area contributed by atoms with E-state index >= 15 is 0 Å². The summed E-state index contributed by atoms with van der Waals surface area (Å²) in [6.07, 6.45) is -3.42. The molecule has 0 saturated carbocycles. The number of carboxylic acid groups (broad SMARTS) is 1. The average Bonchev–Trinajstić information content (AvgIpc) is 2.90. The van der Waals surface area contributed by atoms with Gasteiger partial charge in [0.1, 0.15) is 5.69 Å². The van der Waals surface area contributed by atoms with Gasteiger partial charge in [0.05, 0.1) is 11.3 Å². The number of pyridine rings is 1. The molecule has 1 heterocycles. The zero-order valence-electron chi connectivity index (χ0n) is 19.8. The fourth-order valence-corrected chi connectivity index (χ4v) is 4.27. The van der Waals surface area contributed by atoms with Gasteiger partial charge in [-0.3, -0.25) is 4.98 Å². The van der Waals surface area contributed by atoms with Gasteiger partial charge in [0.25, 0.3) is 0 Å². The van der Waals surface area contributed by atoms with Crippen LogP contribution in [0.2, 0.25) is 0 Å². The molecular weight excluding hydrogens is 481 g/mol. The Morgan fingerprint density at radius 3 is 2.11 bits per heavy atom. The minimum atomic E-state index is -4.62.